The van der Waals surface area contributed by atoms with Crippen LogP contribution in [0.5, 0.6) is 0 Å². The van der Waals surface area contributed by atoms with E-state index < -0.39 is 10.0 Å². The Morgan fingerprint density at radius 3 is 2.46 bits per heavy atom. The lowest BCUT2D eigenvalue weighted by Gasteiger charge is -2.16. The Balaban J connectivity index is 1.98. The molecule has 0 aliphatic rings. The van der Waals surface area contributed by atoms with Crippen molar-refractivity contribution in [2.75, 3.05) is 24.2 Å². The van der Waals surface area contributed by atoms with Gasteiger partial charge in [0.1, 0.15) is 0 Å². The van der Waals surface area contributed by atoms with Gasteiger partial charge in [-0.1, -0.05) is 6.92 Å². The second kappa shape index (κ2) is 7.31. The number of anilines is 1. The number of aromatic nitrogens is 1. The van der Waals surface area contributed by atoms with Gasteiger partial charge in [-0.3, -0.25) is 9.10 Å². The molecule has 0 saturated heterocycles. The number of carbonyl (C=O) groups excluding carboxylic acids is 1. The van der Waals surface area contributed by atoms with Crippen LogP contribution in [0.3, 0.4) is 0 Å². The summed E-state index contributed by atoms with van der Waals surface area (Å²) in [5, 5.41) is 5.87. The maximum atomic E-state index is 12.2. The number of aryl methyl sites for hydroxylation is 1. The van der Waals surface area contributed by atoms with Gasteiger partial charge in [0.25, 0.3) is 5.91 Å². The van der Waals surface area contributed by atoms with Gasteiger partial charge in [-0.2, -0.15) is 0 Å². The first-order valence-corrected chi connectivity index (χ1v) is 10.2. The summed E-state index contributed by atoms with van der Waals surface area (Å²) in [5.41, 5.74) is 1.99. The highest BCUT2D eigenvalue weighted by atomic mass is 32.2. The Bertz CT molecular complexity index is 813. The normalized spacial score (nSPS) is 12.7. The van der Waals surface area contributed by atoms with Crippen LogP contribution in [0.15, 0.2) is 29.6 Å². The molecule has 1 atom stereocenters. The summed E-state index contributed by atoms with van der Waals surface area (Å²) in [5.74, 6) is -0.0491. The van der Waals surface area contributed by atoms with Crippen LogP contribution in [0, 0.1) is 6.92 Å². The number of nitrogens with zero attached hydrogens (tertiary/aromatic N) is 2. The van der Waals surface area contributed by atoms with Crippen LogP contribution in [-0.2, 0) is 10.0 Å². The molecule has 0 unspecified atom stereocenters. The van der Waals surface area contributed by atoms with E-state index in [0.717, 1.165) is 17.0 Å². The molecule has 24 heavy (non-hydrogen) atoms. The van der Waals surface area contributed by atoms with Crippen LogP contribution in [0.4, 0.5) is 5.69 Å². The minimum absolute atomic E-state index is 0.142. The number of rotatable bonds is 6. The highest BCUT2D eigenvalue weighted by Crippen LogP contribution is 2.19. The smallest absolute Gasteiger partial charge is 0.251 e. The van der Waals surface area contributed by atoms with Gasteiger partial charge in [0.15, 0.2) is 0 Å². The largest absolute Gasteiger partial charge is 0.351 e. The van der Waals surface area contributed by atoms with E-state index in [1.807, 2.05) is 19.2 Å². The van der Waals surface area contributed by atoms with Crippen molar-refractivity contribution in [2.45, 2.75) is 19.8 Å². The van der Waals surface area contributed by atoms with Gasteiger partial charge in [-0.25, -0.2) is 13.4 Å². The van der Waals surface area contributed by atoms with Crippen molar-refractivity contribution in [3.8, 4) is 0 Å². The zero-order valence-corrected chi connectivity index (χ0v) is 15.7. The van der Waals surface area contributed by atoms with E-state index in [9.17, 15) is 13.2 Å². The zero-order valence-electron chi connectivity index (χ0n) is 14.1. The molecule has 0 aliphatic carbocycles. The maximum Gasteiger partial charge on any atom is 0.251 e. The van der Waals surface area contributed by atoms with Gasteiger partial charge >= 0.3 is 0 Å². The van der Waals surface area contributed by atoms with E-state index in [1.165, 1.54) is 11.4 Å². The summed E-state index contributed by atoms with van der Waals surface area (Å²) in [6.07, 6.45) is 1.13. The lowest BCUT2D eigenvalue weighted by molar-refractivity contribution is 0.0951. The average molecular weight is 367 g/mol. The number of hydrogen-bond donors (Lipinski definition) is 1. The van der Waals surface area contributed by atoms with Crippen molar-refractivity contribution in [1.82, 2.24) is 10.3 Å². The van der Waals surface area contributed by atoms with Crippen molar-refractivity contribution >= 4 is 33.0 Å². The molecule has 6 nitrogen and oxygen atoms in total. The van der Waals surface area contributed by atoms with Crippen molar-refractivity contribution in [2.24, 2.45) is 0 Å². The number of amides is 1. The summed E-state index contributed by atoms with van der Waals surface area (Å²) in [7, 11) is -1.84. The third kappa shape index (κ3) is 4.55. The molecule has 0 fully saturated rings. The zero-order chi connectivity index (χ0) is 17.9. The highest BCUT2D eigenvalue weighted by molar-refractivity contribution is 7.92. The Morgan fingerprint density at radius 1 is 1.33 bits per heavy atom. The fourth-order valence-electron chi connectivity index (χ4n) is 2.05. The van der Waals surface area contributed by atoms with Gasteiger partial charge in [-0.15, -0.1) is 11.3 Å². The van der Waals surface area contributed by atoms with Crippen LogP contribution < -0.4 is 9.62 Å². The number of benzene rings is 1. The number of nitrogens with one attached hydrogen (secondary N) is 1. The van der Waals surface area contributed by atoms with Crippen LogP contribution in [0.2, 0.25) is 0 Å². The first-order valence-electron chi connectivity index (χ1n) is 7.42. The van der Waals surface area contributed by atoms with Crippen LogP contribution in [-0.4, -0.2) is 39.2 Å². The topological polar surface area (TPSA) is 79.4 Å². The molecule has 2 aromatic rings. The molecule has 0 aliphatic heterocycles. The molecule has 8 heteroatoms. The third-order valence-corrected chi connectivity index (χ3v) is 6.02. The lowest BCUT2D eigenvalue weighted by Crippen LogP contribution is -2.28. The van der Waals surface area contributed by atoms with E-state index in [2.05, 4.69) is 10.3 Å². The minimum atomic E-state index is -3.31. The second-order valence-corrected chi connectivity index (χ2v) is 8.62. The van der Waals surface area contributed by atoms with Crippen molar-refractivity contribution < 1.29 is 13.2 Å². The SMILES string of the molecule is Cc1csc([C@H](C)CNC(=O)c2ccc(N(C)S(C)(=O)=O)cc2)n1. The van der Waals surface area contributed by atoms with E-state index in [1.54, 1.807) is 35.6 Å². The van der Waals surface area contributed by atoms with E-state index in [-0.39, 0.29) is 11.8 Å². The number of sulfonamides is 1. The third-order valence-electron chi connectivity index (χ3n) is 3.62. The van der Waals surface area contributed by atoms with Gasteiger partial charge in [0.05, 0.1) is 17.0 Å². The molecule has 130 valence electrons. The van der Waals surface area contributed by atoms with Crippen molar-refractivity contribution in [1.29, 1.82) is 0 Å². The fourth-order valence-corrected chi connectivity index (χ4v) is 3.41. The Kier molecular flexibility index (Phi) is 5.61. The Labute approximate surface area is 146 Å². The molecule has 1 amide bonds. The first-order chi connectivity index (χ1) is 11.2. The molecule has 0 bridgehead atoms. The second-order valence-electron chi connectivity index (χ2n) is 5.72. The van der Waals surface area contributed by atoms with Crippen LogP contribution >= 0.6 is 11.3 Å². The molecule has 0 radical (unpaired) electrons. The molecule has 1 aromatic carbocycles. The molecule has 2 rings (SSSR count). The van der Waals surface area contributed by atoms with Crippen LogP contribution in [0.1, 0.15) is 33.9 Å². The molecule has 1 N–H and O–H groups in total. The van der Waals surface area contributed by atoms with Gasteiger partial charge in [0.2, 0.25) is 10.0 Å². The van der Waals surface area contributed by atoms with Gasteiger partial charge in [-0.05, 0) is 31.2 Å². The molecule has 1 aromatic heterocycles. The number of thiazole rings is 1. The summed E-state index contributed by atoms with van der Waals surface area (Å²) >= 11 is 1.59. The van der Waals surface area contributed by atoms with E-state index >= 15 is 0 Å². The number of hydrogen-bond acceptors (Lipinski definition) is 5. The van der Waals surface area contributed by atoms with Gasteiger partial charge < -0.3 is 5.32 Å². The quantitative estimate of drug-likeness (QED) is 0.850. The fraction of sp³-hybridized carbons (Fsp3) is 0.375. The molecular weight excluding hydrogens is 346 g/mol. The highest BCUT2D eigenvalue weighted by Gasteiger charge is 2.14. The van der Waals surface area contributed by atoms with Crippen LogP contribution in [0.25, 0.3) is 0 Å². The van der Waals surface area contributed by atoms with E-state index in [0.29, 0.717) is 17.8 Å². The minimum Gasteiger partial charge on any atom is -0.351 e. The summed E-state index contributed by atoms with van der Waals surface area (Å²) in [6, 6.07) is 6.46. The van der Waals surface area contributed by atoms with E-state index in [4.69, 9.17) is 0 Å². The molecule has 1 heterocycles. The van der Waals surface area contributed by atoms with Crippen molar-refractivity contribution in [3.05, 3.63) is 45.9 Å². The standard InChI is InChI=1S/C16H21N3O3S2/c1-11(16-18-12(2)10-23-16)9-17-15(20)13-5-7-14(8-6-13)19(3)24(4,21)22/h5-8,10-11H,9H2,1-4H3,(H,17,20)/t11-/m1/s1. The first kappa shape index (κ1) is 18.4. The molecule has 0 saturated carbocycles. The monoisotopic (exact) mass is 367 g/mol. The summed E-state index contributed by atoms with van der Waals surface area (Å²) in [4.78, 5) is 16.6. The number of carbonyl (C=O) groups is 1. The Morgan fingerprint density at radius 2 is 1.96 bits per heavy atom. The molecular formula is C16H21N3O3S2. The average Bonchev–Trinajstić information content (AvgIpc) is 2.97. The predicted molar refractivity (Wildman–Crippen MR) is 97.3 cm³/mol. The molecule has 0 spiro atoms. The summed E-state index contributed by atoms with van der Waals surface area (Å²) in [6.45, 7) is 4.46. The van der Waals surface area contributed by atoms with Gasteiger partial charge in [0, 0.05) is 36.1 Å². The predicted octanol–water partition coefficient (Wildman–Crippen LogP) is 2.38. The van der Waals surface area contributed by atoms with Crippen molar-refractivity contribution in [3.63, 3.8) is 0 Å². The summed E-state index contributed by atoms with van der Waals surface area (Å²) < 4.78 is 24.2. The Hall–Kier alpha value is -1.93. The lowest BCUT2D eigenvalue weighted by atomic mass is 10.1. The maximum absolute atomic E-state index is 12.2.